The molecule has 0 aliphatic heterocycles. The van der Waals surface area contributed by atoms with Crippen LogP contribution in [0.5, 0.6) is 0 Å². The molecule has 166 valence electrons. The molecule has 2 fully saturated rings. The number of hydrogen-bond donors (Lipinski definition) is 0. The first-order valence-electron chi connectivity index (χ1n) is 11.7. The standard InChI is InChI=1S/C24H32N4O2S/c1-2-6-18-9-13-21(14-10-18)26-27-23(19-11-15-22(16-12-19)28(29)30)17-31-24(27)25-20-7-4-3-5-8-20/h11-12,15-18,20H,2-10,13-14H2,1H3. The van der Waals surface area contributed by atoms with Crippen LogP contribution < -0.4 is 4.80 Å². The third-order valence-corrected chi connectivity index (χ3v) is 7.38. The monoisotopic (exact) mass is 440 g/mol. The van der Waals surface area contributed by atoms with Crippen molar-refractivity contribution >= 4 is 22.7 Å². The summed E-state index contributed by atoms with van der Waals surface area (Å²) in [5.41, 5.74) is 3.27. The largest absolute Gasteiger partial charge is 0.269 e. The molecular weight excluding hydrogens is 408 g/mol. The van der Waals surface area contributed by atoms with Gasteiger partial charge in [0.2, 0.25) is 4.80 Å². The fourth-order valence-electron chi connectivity index (χ4n) is 4.75. The van der Waals surface area contributed by atoms with Crippen molar-refractivity contribution in [1.29, 1.82) is 0 Å². The van der Waals surface area contributed by atoms with Crippen molar-refractivity contribution in [1.82, 2.24) is 4.68 Å². The van der Waals surface area contributed by atoms with E-state index in [1.165, 1.54) is 50.7 Å². The Hall–Kier alpha value is -2.28. The molecule has 1 aromatic heterocycles. The predicted molar refractivity (Wildman–Crippen MR) is 127 cm³/mol. The molecule has 31 heavy (non-hydrogen) atoms. The van der Waals surface area contributed by atoms with Gasteiger partial charge in [-0.1, -0.05) is 39.0 Å². The second-order valence-electron chi connectivity index (χ2n) is 8.84. The Balaban J connectivity index is 1.68. The van der Waals surface area contributed by atoms with Gasteiger partial charge < -0.3 is 0 Å². The number of thiazole rings is 1. The van der Waals surface area contributed by atoms with Gasteiger partial charge in [0, 0.05) is 28.8 Å². The summed E-state index contributed by atoms with van der Waals surface area (Å²) in [6, 6.07) is 7.15. The van der Waals surface area contributed by atoms with Crippen molar-refractivity contribution in [3.63, 3.8) is 0 Å². The van der Waals surface area contributed by atoms with Gasteiger partial charge in [-0.3, -0.25) is 15.1 Å². The summed E-state index contributed by atoms with van der Waals surface area (Å²) >= 11 is 1.63. The molecule has 0 N–H and O–H groups in total. The predicted octanol–water partition coefficient (Wildman–Crippen LogP) is 6.55. The van der Waals surface area contributed by atoms with E-state index >= 15 is 0 Å². The van der Waals surface area contributed by atoms with E-state index in [1.54, 1.807) is 23.5 Å². The van der Waals surface area contributed by atoms with Gasteiger partial charge >= 0.3 is 0 Å². The first kappa shape index (κ1) is 21.9. The Kier molecular flexibility index (Phi) is 7.33. The number of aromatic nitrogens is 1. The molecule has 0 atom stereocenters. The van der Waals surface area contributed by atoms with Crippen LogP contribution in [0.2, 0.25) is 0 Å². The van der Waals surface area contributed by atoms with E-state index in [-0.39, 0.29) is 10.6 Å². The van der Waals surface area contributed by atoms with E-state index in [0.717, 1.165) is 47.7 Å². The maximum Gasteiger partial charge on any atom is 0.269 e. The van der Waals surface area contributed by atoms with Gasteiger partial charge in [0.05, 0.1) is 16.7 Å². The highest BCUT2D eigenvalue weighted by Crippen LogP contribution is 2.28. The zero-order valence-corrected chi connectivity index (χ0v) is 19.1. The first-order valence-corrected chi connectivity index (χ1v) is 12.6. The van der Waals surface area contributed by atoms with E-state index in [2.05, 4.69) is 12.3 Å². The van der Waals surface area contributed by atoms with Crippen molar-refractivity contribution in [2.45, 2.75) is 83.6 Å². The van der Waals surface area contributed by atoms with Gasteiger partial charge in [-0.05, 0) is 56.6 Å². The molecule has 0 amide bonds. The summed E-state index contributed by atoms with van der Waals surface area (Å²) in [6.45, 7) is 2.26. The molecule has 2 saturated carbocycles. The second-order valence-corrected chi connectivity index (χ2v) is 9.68. The van der Waals surface area contributed by atoms with Crippen molar-refractivity contribution < 1.29 is 4.92 Å². The normalized spacial score (nSPS) is 20.7. The van der Waals surface area contributed by atoms with Crippen molar-refractivity contribution in [3.8, 4) is 11.3 Å². The molecular formula is C24H32N4O2S. The topological polar surface area (TPSA) is 72.8 Å². The fourth-order valence-corrected chi connectivity index (χ4v) is 5.65. The number of non-ortho nitro benzene ring substituents is 1. The maximum absolute atomic E-state index is 11.0. The van der Waals surface area contributed by atoms with E-state index in [9.17, 15) is 10.1 Å². The minimum absolute atomic E-state index is 0.109. The molecule has 0 bridgehead atoms. The van der Waals surface area contributed by atoms with Gasteiger partial charge in [-0.2, -0.15) is 5.10 Å². The van der Waals surface area contributed by atoms with Gasteiger partial charge in [0.15, 0.2) is 0 Å². The average molecular weight is 441 g/mol. The Labute approximate surface area is 187 Å². The molecule has 0 saturated heterocycles. The van der Waals surface area contributed by atoms with E-state index in [1.807, 2.05) is 16.8 Å². The molecule has 4 rings (SSSR count). The number of nitro benzene ring substituents is 1. The lowest BCUT2D eigenvalue weighted by molar-refractivity contribution is -0.384. The van der Waals surface area contributed by atoms with E-state index < -0.39 is 0 Å². The van der Waals surface area contributed by atoms with Crippen LogP contribution in [0.1, 0.15) is 77.6 Å². The molecule has 0 spiro atoms. The van der Waals surface area contributed by atoms with Gasteiger partial charge in [-0.25, -0.2) is 4.68 Å². The van der Waals surface area contributed by atoms with Gasteiger partial charge in [0.1, 0.15) is 0 Å². The Morgan fingerprint density at radius 2 is 1.81 bits per heavy atom. The summed E-state index contributed by atoms with van der Waals surface area (Å²) in [6.07, 6.45) is 13.2. The van der Waals surface area contributed by atoms with E-state index in [0.29, 0.717) is 6.04 Å². The third-order valence-electron chi connectivity index (χ3n) is 6.55. The molecule has 1 heterocycles. The third kappa shape index (κ3) is 5.50. The van der Waals surface area contributed by atoms with Crippen LogP contribution >= 0.6 is 11.3 Å². The minimum Gasteiger partial charge on any atom is -0.258 e. The van der Waals surface area contributed by atoms with E-state index in [4.69, 9.17) is 10.1 Å². The molecule has 2 aliphatic carbocycles. The smallest absolute Gasteiger partial charge is 0.258 e. The summed E-state index contributed by atoms with van der Waals surface area (Å²) in [7, 11) is 0. The molecule has 0 unspecified atom stereocenters. The zero-order chi connectivity index (χ0) is 21.6. The molecule has 2 aromatic rings. The summed E-state index contributed by atoms with van der Waals surface area (Å²) in [4.78, 5) is 16.7. The quantitative estimate of drug-likeness (QED) is 0.377. The van der Waals surface area contributed by atoms with Crippen LogP contribution in [0, 0.1) is 16.0 Å². The molecule has 2 aliphatic rings. The highest BCUT2D eigenvalue weighted by atomic mass is 32.1. The van der Waals surface area contributed by atoms with Crippen LogP contribution in [0.15, 0.2) is 39.7 Å². The molecule has 0 radical (unpaired) electrons. The van der Waals surface area contributed by atoms with Crippen molar-refractivity contribution in [3.05, 3.63) is 44.6 Å². The van der Waals surface area contributed by atoms with Gasteiger partial charge in [0.25, 0.3) is 5.69 Å². The lowest BCUT2D eigenvalue weighted by atomic mass is 9.85. The lowest BCUT2D eigenvalue weighted by Crippen LogP contribution is -2.21. The number of rotatable bonds is 6. The van der Waals surface area contributed by atoms with Crippen LogP contribution in [0.4, 0.5) is 5.69 Å². The molecule has 1 aromatic carbocycles. The van der Waals surface area contributed by atoms with Crippen LogP contribution in [0.25, 0.3) is 11.3 Å². The zero-order valence-electron chi connectivity index (χ0n) is 18.3. The van der Waals surface area contributed by atoms with Gasteiger partial charge in [-0.15, -0.1) is 11.3 Å². The Morgan fingerprint density at radius 1 is 1.10 bits per heavy atom. The Bertz CT molecular complexity index is 974. The summed E-state index contributed by atoms with van der Waals surface area (Å²) in [5, 5.41) is 18.2. The molecule has 6 nitrogen and oxygen atoms in total. The van der Waals surface area contributed by atoms with Crippen LogP contribution in [0.3, 0.4) is 0 Å². The average Bonchev–Trinajstić information content (AvgIpc) is 3.18. The maximum atomic E-state index is 11.0. The number of hydrogen-bond acceptors (Lipinski definition) is 5. The summed E-state index contributed by atoms with van der Waals surface area (Å²) in [5.74, 6) is 0.831. The van der Waals surface area contributed by atoms with Crippen molar-refractivity contribution in [2.75, 3.05) is 0 Å². The fraction of sp³-hybridized carbons (Fsp3) is 0.583. The molecule has 7 heteroatoms. The number of nitrogens with zero attached hydrogens (tertiary/aromatic N) is 4. The van der Waals surface area contributed by atoms with Crippen LogP contribution in [-0.2, 0) is 0 Å². The number of benzene rings is 1. The highest BCUT2D eigenvalue weighted by molar-refractivity contribution is 7.07. The first-order chi connectivity index (χ1) is 15.1. The lowest BCUT2D eigenvalue weighted by Gasteiger charge is -2.22. The van der Waals surface area contributed by atoms with Crippen LogP contribution in [-0.4, -0.2) is 21.4 Å². The van der Waals surface area contributed by atoms with Crippen molar-refractivity contribution in [2.24, 2.45) is 16.0 Å². The second kappa shape index (κ2) is 10.4. The Morgan fingerprint density at radius 3 is 2.45 bits per heavy atom. The minimum atomic E-state index is -0.357. The highest BCUT2D eigenvalue weighted by Gasteiger charge is 2.19. The number of nitro groups is 1. The summed E-state index contributed by atoms with van der Waals surface area (Å²) < 4.78 is 2.01. The SMILES string of the molecule is CCCC1CCC(=Nn2c(-c3ccc([N+](=O)[O-])cc3)csc2=NC2CCCCC2)CC1.